The van der Waals surface area contributed by atoms with Crippen LogP contribution in [0.5, 0.6) is 0 Å². The van der Waals surface area contributed by atoms with Crippen LogP contribution in [-0.4, -0.2) is 15.8 Å². The summed E-state index contributed by atoms with van der Waals surface area (Å²) in [6.07, 6.45) is 0. The van der Waals surface area contributed by atoms with Crippen molar-refractivity contribution in [2.24, 2.45) is 0 Å². The lowest BCUT2D eigenvalue weighted by molar-refractivity contribution is 0.240. The molecule has 3 rings (SSSR count). The van der Waals surface area contributed by atoms with Crippen molar-refractivity contribution < 1.29 is 4.79 Å². The van der Waals surface area contributed by atoms with Gasteiger partial charge in [0.1, 0.15) is 0 Å². The van der Waals surface area contributed by atoms with Crippen LogP contribution in [0.2, 0.25) is 0 Å². The van der Waals surface area contributed by atoms with E-state index in [1.54, 1.807) is 0 Å². The quantitative estimate of drug-likeness (QED) is 0.750. The highest BCUT2D eigenvalue weighted by Gasteiger charge is 2.13. The number of urea groups is 1. The van der Waals surface area contributed by atoms with E-state index < -0.39 is 0 Å². The molecule has 128 valence electrons. The van der Waals surface area contributed by atoms with Gasteiger partial charge in [-0.25, -0.2) is 9.48 Å². The summed E-state index contributed by atoms with van der Waals surface area (Å²) in [4.78, 5) is 12.0. The van der Waals surface area contributed by atoms with Crippen LogP contribution in [0.4, 0.5) is 4.79 Å². The Bertz CT molecular complexity index is 841. The number of hydrogen-bond acceptors (Lipinski definition) is 2. The molecule has 0 aliphatic carbocycles. The highest BCUT2D eigenvalue weighted by Crippen LogP contribution is 2.17. The van der Waals surface area contributed by atoms with E-state index in [0.717, 1.165) is 28.2 Å². The lowest BCUT2D eigenvalue weighted by Gasteiger charge is -2.09. The number of para-hydroxylation sites is 1. The molecule has 0 aliphatic heterocycles. The minimum absolute atomic E-state index is 0.185. The number of benzene rings is 2. The Kier molecular flexibility index (Phi) is 5.14. The smallest absolute Gasteiger partial charge is 0.315 e. The summed E-state index contributed by atoms with van der Waals surface area (Å²) in [6.45, 7) is 4.94. The van der Waals surface area contributed by atoms with Gasteiger partial charge in [0.05, 0.1) is 11.4 Å². The largest absolute Gasteiger partial charge is 0.334 e. The Balaban J connectivity index is 1.61. The third kappa shape index (κ3) is 4.07. The van der Waals surface area contributed by atoms with Gasteiger partial charge in [-0.2, -0.15) is 5.10 Å². The van der Waals surface area contributed by atoms with Gasteiger partial charge < -0.3 is 10.6 Å². The summed E-state index contributed by atoms with van der Waals surface area (Å²) in [7, 11) is 0. The summed E-state index contributed by atoms with van der Waals surface area (Å²) in [5, 5.41) is 10.4. The van der Waals surface area contributed by atoms with Crippen molar-refractivity contribution in [1.29, 1.82) is 0 Å². The Hall–Kier alpha value is -3.08. The van der Waals surface area contributed by atoms with E-state index in [-0.39, 0.29) is 6.03 Å². The predicted octanol–water partition coefficient (Wildman–Crippen LogP) is 3.49. The van der Waals surface area contributed by atoms with Crippen molar-refractivity contribution in [2.75, 3.05) is 0 Å². The monoisotopic (exact) mass is 334 g/mol. The third-order valence-electron chi connectivity index (χ3n) is 4.16. The van der Waals surface area contributed by atoms with Crippen LogP contribution in [0.1, 0.15) is 22.5 Å². The normalized spacial score (nSPS) is 10.5. The number of carbonyl (C=O) groups excluding carboxylic acids is 1. The topological polar surface area (TPSA) is 59.0 Å². The SMILES string of the molecule is Cc1nn(-c2ccccc2)c(C)c1CNC(=O)NCc1ccccc1. The molecule has 2 aromatic carbocycles. The standard InChI is InChI=1S/C20H22N4O/c1-15-19(16(2)24(23-15)18-11-7-4-8-12-18)14-22-20(25)21-13-17-9-5-3-6-10-17/h3-12H,13-14H2,1-2H3,(H2,21,22,25). The molecule has 0 saturated heterocycles. The van der Waals surface area contributed by atoms with Crippen molar-refractivity contribution in [3.63, 3.8) is 0 Å². The zero-order valence-corrected chi connectivity index (χ0v) is 14.5. The number of amides is 2. The first kappa shape index (κ1) is 16.8. The third-order valence-corrected chi connectivity index (χ3v) is 4.16. The molecule has 1 heterocycles. The zero-order chi connectivity index (χ0) is 17.6. The van der Waals surface area contributed by atoms with Gasteiger partial charge >= 0.3 is 6.03 Å². The number of hydrogen-bond donors (Lipinski definition) is 2. The number of aryl methyl sites for hydroxylation is 1. The van der Waals surface area contributed by atoms with Gasteiger partial charge in [-0.15, -0.1) is 0 Å². The van der Waals surface area contributed by atoms with Crippen LogP contribution in [0, 0.1) is 13.8 Å². The molecule has 0 fully saturated rings. The lowest BCUT2D eigenvalue weighted by Crippen LogP contribution is -2.34. The Morgan fingerprint density at radius 2 is 1.52 bits per heavy atom. The molecule has 2 amide bonds. The van der Waals surface area contributed by atoms with Crippen LogP contribution < -0.4 is 10.6 Å². The first-order valence-electron chi connectivity index (χ1n) is 8.31. The number of carbonyl (C=O) groups is 1. The summed E-state index contributed by atoms with van der Waals surface area (Å²) < 4.78 is 1.91. The van der Waals surface area contributed by atoms with Crippen molar-refractivity contribution in [1.82, 2.24) is 20.4 Å². The van der Waals surface area contributed by atoms with E-state index in [1.165, 1.54) is 0 Å². The molecule has 0 saturated carbocycles. The Morgan fingerprint density at radius 3 is 2.20 bits per heavy atom. The van der Waals surface area contributed by atoms with Crippen LogP contribution in [0.25, 0.3) is 5.69 Å². The van der Waals surface area contributed by atoms with Gasteiger partial charge in [0.15, 0.2) is 0 Å². The number of aromatic nitrogens is 2. The van der Waals surface area contributed by atoms with E-state index in [1.807, 2.05) is 79.2 Å². The van der Waals surface area contributed by atoms with Crippen LogP contribution in [-0.2, 0) is 13.1 Å². The summed E-state index contributed by atoms with van der Waals surface area (Å²) in [5.41, 5.74) is 5.08. The van der Waals surface area contributed by atoms with Gasteiger partial charge in [-0.05, 0) is 31.5 Å². The molecule has 5 heteroatoms. The summed E-state index contributed by atoms with van der Waals surface area (Å²) in [6, 6.07) is 19.6. The van der Waals surface area contributed by atoms with Crippen molar-refractivity contribution >= 4 is 6.03 Å². The highest BCUT2D eigenvalue weighted by molar-refractivity contribution is 5.73. The fraction of sp³-hybridized carbons (Fsp3) is 0.200. The van der Waals surface area contributed by atoms with E-state index >= 15 is 0 Å². The first-order chi connectivity index (χ1) is 12.1. The number of nitrogens with one attached hydrogen (secondary N) is 2. The molecule has 3 aromatic rings. The van der Waals surface area contributed by atoms with Crippen molar-refractivity contribution in [3.8, 4) is 5.69 Å². The Labute approximate surface area is 147 Å². The molecule has 0 unspecified atom stereocenters. The first-order valence-corrected chi connectivity index (χ1v) is 8.31. The van der Waals surface area contributed by atoms with Gasteiger partial charge in [0.25, 0.3) is 0 Å². The maximum atomic E-state index is 12.0. The molecule has 5 nitrogen and oxygen atoms in total. The highest BCUT2D eigenvalue weighted by atomic mass is 16.2. The van der Waals surface area contributed by atoms with Gasteiger partial charge in [-0.1, -0.05) is 48.5 Å². The van der Waals surface area contributed by atoms with Gasteiger partial charge in [0.2, 0.25) is 0 Å². The van der Waals surface area contributed by atoms with Crippen LogP contribution >= 0.6 is 0 Å². The van der Waals surface area contributed by atoms with E-state index in [0.29, 0.717) is 13.1 Å². The second kappa shape index (κ2) is 7.66. The summed E-state index contributed by atoms with van der Waals surface area (Å²) >= 11 is 0. The van der Waals surface area contributed by atoms with Crippen LogP contribution in [0.15, 0.2) is 60.7 Å². The zero-order valence-electron chi connectivity index (χ0n) is 14.5. The minimum Gasteiger partial charge on any atom is -0.334 e. The average Bonchev–Trinajstić information content (AvgIpc) is 2.94. The second-order valence-electron chi connectivity index (χ2n) is 5.92. The van der Waals surface area contributed by atoms with Crippen molar-refractivity contribution in [3.05, 3.63) is 83.2 Å². The average molecular weight is 334 g/mol. The molecule has 0 radical (unpaired) electrons. The molecule has 0 spiro atoms. The van der Waals surface area contributed by atoms with Gasteiger partial charge in [0, 0.05) is 24.3 Å². The van der Waals surface area contributed by atoms with E-state index in [2.05, 4.69) is 15.7 Å². The number of rotatable bonds is 5. The molecule has 0 atom stereocenters. The number of nitrogens with zero attached hydrogens (tertiary/aromatic N) is 2. The van der Waals surface area contributed by atoms with E-state index in [9.17, 15) is 4.79 Å². The van der Waals surface area contributed by atoms with Gasteiger partial charge in [-0.3, -0.25) is 0 Å². The fourth-order valence-corrected chi connectivity index (χ4v) is 2.76. The van der Waals surface area contributed by atoms with Crippen molar-refractivity contribution in [2.45, 2.75) is 26.9 Å². The van der Waals surface area contributed by atoms with Crippen LogP contribution in [0.3, 0.4) is 0 Å². The molecular formula is C20H22N4O. The maximum Gasteiger partial charge on any atom is 0.315 e. The minimum atomic E-state index is -0.185. The molecule has 0 bridgehead atoms. The molecule has 2 N–H and O–H groups in total. The van der Waals surface area contributed by atoms with E-state index in [4.69, 9.17) is 0 Å². The summed E-state index contributed by atoms with van der Waals surface area (Å²) in [5.74, 6) is 0. The lowest BCUT2D eigenvalue weighted by atomic mass is 10.2. The maximum absolute atomic E-state index is 12.0. The predicted molar refractivity (Wildman–Crippen MR) is 98.6 cm³/mol. The molecule has 0 aliphatic rings. The molecule has 25 heavy (non-hydrogen) atoms. The second-order valence-corrected chi connectivity index (χ2v) is 5.92. The molecular weight excluding hydrogens is 312 g/mol. The Morgan fingerprint density at radius 1 is 0.920 bits per heavy atom. The fourth-order valence-electron chi connectivity index (χ4n) is 2.76. The molecule has 1 aromatic heterocycles.